The number of aromatic nitrogens is 2. The number of hydrogen-bond donors (Lipinski definition) is 2. The molecule has 1 atom stereocenters. The molecule has 0 aliphatic rings. The number of carboxylic acid groups (broad SMARTS) is 1. The zero-order valence-corrected chi connectivity index (χ0v) is 13.2. The molecule has 0 saturated heterocycles. The first-order valence-corrected chi connectivity index (χ1v) is 7.40. The average Bonchev–Trinajstić information content (AvgIpc) is 3.13. The lowest BCUT2D eigenvalue weighted by Crippen LogP contribution is -1.93. The Morgan fingerprint density at radius 3 is 2.21 bits per heavy atom. The van der Waals surface area contributed by atoms with Gasteiger partial charge < -0.3 is 10.1 Å². The van der Waals surface area contributed by atoms with Crippen molar-refractivity contribution in [2.45, 2.75) is 12.8 Å². The van der Waals surface area contributed by atoms with Crippen molar-refractivity contribution in [2.75, 3.05) is 0 Å². The molecule has 1 aromatic heterocycles. The highest BCUT2D eigenvalue weighted by Crippen LogP contribution is 2.18. The summed E-state index contributed by atoms with van der Waals surface area (Å²) < 4.78 is 0. The van der Waals surface area contributed by atoms with Crippen LogP contribution >= 0.6 is 0 Å². The molecule has 3 rings (SSSR count). The standard InChI is InChI=1S/C12H11N3.C7H6O2/c1-9(7-13)11-8-14-12(15-11)10-5-3-2-4-6-10;8-7(9)6-4-2-1-3-5-6/h2-6,8-9H,1H3,(H,14,15);1-5H,(H,8,9). The summed E-state index contributed by atoms with van der Waals surface area (Å²) in [7, 11) is 0. The first kappa shape index (κ1) is 17.0. The average molecular weight is 319 g/mol. The highest BCUT2D eigenvalue weighted by molar-refractivity contribution is 5.87. The minimum Gasteiger partial charge on any atom is -0.478 e. The number of rotatable bonds is 3. The van der Waals surface area contributed by atoms with Crippen LogP contribution in [-0.2, 0) is 0 Å². The number of nitrogens with one attached hydrogen (secondary N) is 1. The van der Waals surface area contributed by atoms with E-state index in [1.807, 2.05) is 37.3 Å². The Labute approximate surface area is 140 Å². The van der Waals surface area contributed by atoms with Gasteiger partial charge in [-0.3, -0.25) is 0 Å². The number of nitriles is 1. The third kappa shape index (κ3) is 4.55. The van der Waals surface area contributed by atoms with E-state index in [1.165, 1.54) is 0 Å². The zero-order valence-electron chi connectivity index (χ0n) is 13.2. The highest BCUT2D eigenvalue weighted by atomic mass is 16.4. The topological polar surface area (TPSA) is 89.8 Å². The van der Waals surface area contributed by atoms with Gasteiger partial charge in [0.05, 0.1) is 23.2 Å². The lowest BCUT2D eigenvalue weighted by molar-refractivity contribution is 0.0697. The fraction of sp³-hybridized carbons (Fsp3) is 0.105. The van der Waals surface area contributed by atoms with Gasteiger partial charge in [-0.1, -0.05) is 48.5 Å². The molecule has 0 fully saturated rings. The van der Waals surface area contributed by atoms with Gasteiger partial charge in [0, 0.05) is 11.8 Å². The maximum atomic E-state index is 10.2. The van der Waals surface area contributed by atoms with Gasteiger partial charge in [0.15, 0.2) is 0 Å². The van der Waals surface area contributed by atoms with Crippen LogP contribution in [0.15, 0.2) is 66.9 Å². The minimum absolute atomic E-state index is 0.144. The number of hydrogen-bond acceptors (Lipinski definition) is 3. The van der Waals surface area contributed by atoms with E-state index in [9.17, 15) is 4.79 Å². The molecule has 120 valence electrons. The normalized spacial score (nSPS) is 10.8. The smallest absolute Gasteiger partial charge is 0.335 e. The Morgan fingerprint density at radius 1 is 1.12 bits per heavy atom. The maximum Gasteiger partial charge on any atom is 0.335 e. The summed E-state index contributed by atoms with van der Waals surface area (Å²) in [5, 5.41) is 17.2. The summed E-state index contributed by atoms with van der Waals surface area (Å²) in [6.45, 7) is 1.85. The van der Waals surface area contributed by atoms with E-state index in [0.717, 1.165) is 17.1 Å². The first-order chi connectivity index (χ1) is 11.6. The molecule has 1 heterocycles. The maximum absolute atomic E-state index is 10.2. The van der Waals surface area contributed by atoms with E-state index in [-0.39, 0.29) is 5.92 Å². The predicted octanol–water partition coefficient (Wildman–Crippen LogP) is 4.09. The molecular formula is C19H17N3O2. The van der Waals surface area contributed by atoms with Crippen LogP contribution in [0.4, 0.5) is 0 Å². The molecule has 2 aromatic carbocycles. The summed E-state index contributed by atoms with van der Waals surface area (Å²) >= 11 is 0. The lowest BCUT2D eigenvalue weighted by atomic mass is 10.1. The third-order valence-corrected chi connectivity index (χ3v) is 3.32. The molecule has 2 N–H and O–H groups in total. The second-order valence-corrected chi connectivity index (χ2v) is 5.08. The van der Waals surface area contributed by atoms with Gasteiger partial charge in [-0.05, 0) is 19.1 Å². The number of imidazole rings is 1. The fourth-order valence-electron chi connectivity index (χ4n) is 1.95. The van der Waals surface area contributed by atoms with E-state index in [4.69, 9.17) is 10.4 Å². The van der Waals surface area contributed by atoms with Gasteiger partial charge in [0.2, 0.25) is 0 Å². The Bertz CT molecular complexity index is 821. The minimum atomic E-state index is -0.879. The van der Waals surface area contributed by atoms with Crippen molar-refractivity contribution in [1.29, 1.82) is 5.26 Å². The Hall–Kier alpha value is -3.39. The van der Waals surface area contributed by atoms with Crippen molar-refractivity contribution in [3.63, 3.8) is 0 Å². The summed E-state index contributed by atoms with van der Waals surface area (Å²) in [5.41, 5.74) is 2.22. The molecule has 0 amide bonds. The van der Waals surface area contributed by atoms with Crippen LogP contribution in [0.3, 0.4) is 0 Å². The van der Waals surface area contributed by atoms with Crippen LogP contribution in [0, 0.1) is 11.3 Å². The van der Waals surface area contributed by atoms with Crippen LogP contribution < -0.4 is 0 Å². The quantitative estimate of drug-likeness (QED) is 0.761. The molecule has 1 unspecified atom stereocenters. The van der Waals surface area contributed by atoms with Crippen molar-refractivity contribution in [2.24, 2.45) is 0 Å². The van der Waals surface area contributed by atoms with Crippen LogP contribution in [0.5, 0.6) is 0 Å². The van der Waals surface area contributed by atoms with Crippen LogP contribution in [-0.4, -0.2) is 21.0 Å². The molecule has 0 spiro atoms. The number of aromatic carboxylic acids is 1. The van der Waals surface area contributed by atoms with Gasteiger partial charge in [0.1, 0.15) is 5.82 Å². The molecule has 5 nitrogen and oxygen atoms in total. The SMILES string of the molecule is CC(C#N)c1cnc(-c2ccccc2)[nH]1.O=C(O)c1ccccc1. The summed E-state index contributed by atoms with van der Waals surface area (Å²) in [6.07, 6.45) is 1.72. The lowest BCUT2D eigenvalue weighted by Gasteiger charge is -1.97. The van der Waals surface area contributed by atoms with Crippen LogP contribution in [0.2, 0.25) is 0 Å². The van der Waals surface area contributed by atoms with E-state index in [1.54, 1.807) is 36.5 Å². The van der Waals surface area contributed by atoms with Gasteiger partial charge in [-0.15, -0.1) is 0 Å². The molecule has 0 radical (unpaired) electrons. The van der Waals surface area contributed by atoms with Crippen molar-refractivity contribution < 1.29 is 9.90 Å². The number of aromatic amines is 1. The number of carbonyl (C=O) groups is 1. The first-order valence-electron chi connectivity index (χ1n) is 7.40. The number of benzene rings is 2. The van der Waals surface area contributed by atoms with E-state index in [0.29, 0.717) is 5.56 Å². The van der Waals surface area contributed by atoms with Crippen LogP contribution in [0.25, 0.3) is 11.4 Å². The van der Waals surface area contributed by atoms with E-state index < -0.39 is 5.97 Å². The molecule has 0 bridgehead atoms. The van der Waals surface area contributed by atoms with Gasteiger partial charge in [0.25, 0.3) is 0 Å². The van der Waals surface area contributed by atoms with Crippen molar-refractivity contribution >= 4 is 5.97 Å². The summed E-state index contributed by atoms with van der Waals surface area (Å²) in [4.78, 5) is 17.6. The molecular weight excluding hydrogens is 302 g/mol. The third-order valence-electron chi connectivity index (χ3n) is 3.32. The molecule has 3 aromatic rings. The van der Waals surface area contributed by atoms with Crippen LogP contribution in [0.1, 0.15) is 28.9 Å². The van der Waals surface area contributed by atoms with E-state index in [2.05, 4.69) is 16.0 Å². The monoisotopic (exact) mass is 319 g/mol. The second kappa shape index (κ2) is 8.30. The van der Waals surface area contributed by atoms with Gasteiger partial charge in [-0.25, -0.2) is 9.78 Å². The zero-order chi connectivity index (χ0) is 17.4. The Kier molecular flexibility index (Phi) is 5.87. The van der Waals surface area contributed by atoms with Gasteiger partial charge >= 0.3 is 5.97 Å². The number of carboxylic acids is 1. The van der Waals surface area contributed by atoms with Crippen molar-refractivity contribution in [3.05, 3.63) is 78.1 Å². The summed E-state index contributed by atoms with van der Waals surface area (Å²) in [6, 6.07) is 20.3. The molecule has 0 aliphatic carbocycles. The number of H-pyrrole nitrogens is 1. The van der Waals surface area contributed by atoms with Gasteiger partial charge in [-0.2, -0.15) is 5.26 Å². The fourth-order valence-corrected chi connectivity index (χ4v) is 1.95. The molecule has 5 heteroatoms. The van der Waals surface area contributed by atoms with Crippen molar-refractivity contribution in [1.82, 2.24) is 9.97 Å². The summed E-state index contributed by atoms with van der Waals surface area (Å²) in [5.74, 6) is -0.210. The molecule has 0 aliphatic heterocycles. The second-order valence-electron chi connectivity index (χ2n) is 5.08. The Morgan fingerprint density at radius 2 is 1.71 bits per heavy atom. The Balaban J connectivity index is 0.000000198. The van der Waals surface area contributed by atoms with E-state index >= 15 is 0 Å². The van der Waals surface area contributed by atoms with Crippen molar-refractivity contribution in [3.8, 4) is 17.5 Å². The molecule has 24 heavy (non-hydrogen) atoms. The highest BCUT2D eigenvalue weighted by Gasteiger charge is 2.08. The number of nitrogens with zero attached hydrogens (tertiary/aromatic N) is 2. The predicted molar refractivity (Wildman–Crippen MR) is 91.5 cm³/mol. The largest absolute Gasteiger partial charge is 0.478 e. The molecule has 0 saturated carbocycles.